The van der Waals surface area contributed by atoms with Gasteiger partial charge < -0.3 is 34.9 Å². The average molecular weight is 473 g/mol. The van der Waals surface area contributed by atoms with E-state index in [1.807, 2.05) is 18.2 Å². The monoisotopic (exact) mass is 473 g/mol. The molecule has 3 aromatic rings. The Morgan fingerprint density at radius 2 is 1.68 bits per heavy atom. The van der Waals surface area contributed by atoms with Crippen molar-refractivity contribution in [2.75, 3.05) is 56.5 Å². The van der Waals surface area contributed by atoms with Crippen LogP contribution in [0, 0.1) is 11.6 Å². The number of morpholine rings is 1. The molecule has 0 saturated carbocycles. The van der Waals surface area contributed by atoms with Crippen molar-refractivity contribution in [3.63, 3.8) is 0 Å². The highest BCUT2D eigenvalue weighted by Gasteiger charge is 2.20. The van der Waals surface area contributed by atoms with E-state index in [4.69, 9.17) is 24.7 Å². The summed E-state index contributed by atoms with van der Waals surface area (Å²) in [5, 5.41) is 3.05. The lowest BCUT2D eigenvalue weighted by Gasteiger charge is -2.29. The number of halogens is 2. The van der Waals surface area contributed by atoms with Crippen LogP contribution in [0.5, 0.6) is 17.2 Å². The zero-order valence-corrected chi connectivity index (χ0v) is 18.8. The summed E-state index contributed by atoms with van der Waals surface area (Å²) in [6, 6.07) is 6.84. The molecular formula is C23H25F2N5O4. The predicted octanol–water partition coefficient (Wildman–Crippen LogP) is 3.51. The fraction of sp³-hybridized carbons (Fsp3) is 0.304. The Kier molecular flexibility index (Phi) is 7.12. The number of nitrogens with one attached hydrogen (secondary N) is 1. The highest BCUT2D eigenvalue weighted by atomic mass is 19.1. The van der Waals surface area contributed by atoms with Gasteiger partial charge in [0.15, 0.2) is 28.9 Å². The van der Waals surface area contributed by atoms with E-state index in [0.717, 1.165) is 24.8 Å². The van der Waals surface area contributed by atoms with E-state index in [1.54, 1.807) is 0 Å². The van der Waals surface area contributed by atoms with Crippen LogP contribution < -0.4 is 30.2 Å². The molecule has 1 fully saturated rings. The molecule has 2 aromatic carbocycles. The second-order valence-corrected chi connectivity index (χ2v) is 7.41. The smallest absolute Gasteiger partial charge is 0.227 e. The number of nitrogen functional groups attached to an aromatic ring is 1. The van der Waals surface area contributed by atoms with Crippen LogP contribution in [0.15, 0.2) is 36.7 Å². The van der Waals surface area contributed by atoms with Crippen LogP contribution in [0.4, 0.5) is 31.8 Å². The highest BCUT2D eigenvalue weighted by molar-refractivity contribution is 5.74. The van der Waals surface area contributed by atoms with Crippen molar-refractivity contribution in [3.8, 4) is 17.2 Å². The lowest BCUT2D eigenvalue weighted by Crippen LogP contribution is -2.36. The minimum absolute atomic E-state index is 0.148. The number of aromatic nitrogens is 2. The van der Waals surface area contributed by atoms with Gasteiger partial charge in [0.05, 0.1) is 56.8 Å². The van der Waals surface area contributed by atoms with E-state index < -0.39 is 18.2 Å². The fourth-order valence-electron chi connectivity index (χ4n) is 3.48. The summed E-state index contributed by atoms with van der Waals surface area (Å²) in [5.41, 5.74) is 8.09. The van der Waals surface area contributed by atoms with Crippen molar-refractivity contribution in [2.45, 2.75) is 6.61 Å². The Balaban J connectivity index is 1.41. The van der Waals surface area contributed by atoms with Gasteiger partial charge in [-0.1, -0.05) is 0 Å². The third kappa shape index (κ3) is 5.04. The molecule has 1 aliphatic rings. The number of methoxy groups -OCH3 is 2. The van der Waals surface area contributed by atoms with E-state index in [1.165, 1.54) is 26.6 Å². The molecule has 1 aliphatic heterocycles. The summed E-state index contributed by atoms with van der Waals surface area (Å²) in [6.07, 6.45) is 2.78. The number of anilines is 4. The largest absolute Gasteiger partial charge is 0.494 e. The summed E-state index contributed by atoms with van der Waals surface area (Å²) in [7, 11) is 2.56. The maximum absolute atomic E-state index is 14.5. The summed E-state index contributed by atoms with van der Waals surface area (Å²) in [5.74, 6) is -1.51. The molecule has 1 saturated heterocycles. The first-order valence-corrected chi connectivity index (χ1v) is 10.5. The van der Waals surface area contributed by atoms with Gasteiger partial charge in [-0.15, -0.1) is 0 Å². The molecule has 2 heterocycles. The summed E-state index contributed by atoms with van der Waals surface area (Å²) in [6.45, 7) is 2.59. The Labute approximate surface area is 195 Å². The van der Waals surface area contributed by atoms with E-state index in [0.29, 0.717) is 30.5 Å². The number of hydrogen-bond acceptors (Lipinski definition) is 9. The average Bonchev–Trinajstić information content (AvgIpc) is 2.87. The molecule has 0 atom stereocenters. The highest BCUT2D eigenvalue weighted by Crippen LogP contribution is 2.32. The minimum atomic E-state index is -0.865. The fourth-order valence-corrected chi connectivity index (χ4v) is 3.48. The second-order valence-electron chi connectivity index (χ2n) is 7.41. The minimum Gasteiger partial charge on any atom is -0.494 e. The zero-order chi connectivity index (χ0) is 24.1. The van der Waals surface area contributed by atoms with Crippen molar-refractivity contribution in [1.29, 1.82) is 0 Å². The van der Waals surface area contributed by atoms with Gasteiger partial charge in [-0.05, 0) is 18.2 Å². The van der Waals surface area contributed by atoms with Crippen LogP contribution in [0.2, 0.25) is 0 Å². The van der Waals surface area contributed by atoms with Gasteiger partial charge in [0.1, 0.15) is 6.61 Å². The number of ether oxygens (including phenoxy) is 4. The van der Waals surface area contributed by atoms with E-state index in [2.05, 4.69) is 20.2 Å². The molecule has 180 valence electrons. The zero-order valence-electron chi connectivity index (χ0n) is 18.8. The maximum atomic E-state index is 14.5. The first kappa shape index (κ1) is 23.3. The number of nitrogens with zero attached hydrogens (tertiary/aromatic N) is 3. The molecule has 9 nitrogen and oxygen atoms in total. The summed E-state index contributed by atoms with van der Waals surface area (Å²) in [4.78, 5) is 10.6. The first-order chi connectivity index (χ1) is 16.5. The van der Waals surface area contributed by atoms with Crippen LogP contribution in [0.1, 0.15) is 5.56 Å². The van der Waals surface area contributed by atoms with E-state index in [-0.39, 0.29) is 22.8 Å². The third-order valence-electron chi connectivity index (χ3n) is 5.33. The molecule has 0 radical (unpaired) electrons. The Hall–Kier alpha value is -3.86. The second kappa shape index (κ2) is 10.4. The molecule has 3 N–H and O–H groups in total. The van der Waals surface area contributed by atoms with E-state index >= 15 is 0 Å². The van der Waals surface area contributed by atoms with Gasteiger partial charge in [0, 0.05) is 24.8 Å². The number of nitrogens with two attached hydrogens (primary N) is 1. The maximum Gasteiger partial charge on any atom is 0.227 e. The quantitative estimate of drug-likeness (QED) is 0.476. The molecule has 0 spiro atoms. The van der Waals surface area contributed by atoms with Crippen LogP contribution in [0.25, 0.3) is 0 Å². The molecular weight excluding hydrogens is 448 g/mol. The normalized spacial score (nSPS) is 13.5. The molecule has 0 aliphatic carbocycles. The van der Waals surface area contributed by atoms with Gasteiger partial charge in [-0.25, -0.2) is 18.7 Å². The Morgan fingerprint density at radius 1 is 1.03 bits per heavy atom. The lowest BCUT2D eigenvalue weighted by molar-refractivity contribution is 0.122. The standard InChI is InChI=1S/C23H25F2N5O4/c1-31-19-10-20(32-2)22(25)16(21(19)24)13-34-15-11-27-23(28-12-15)29-18-4-3-14(9-17(18)26)30-5-7-33-8-6-30/h3-4,9-12H,5-8,13,26H2,1-2H3,(H,27,28,29). The lowest BCUT2D eigenvalue weighted by atomic mass is 10.1. The summed E-state index contributed by atoms with van der Waals surface area (Å²) >= 11 is 0. The van der Waals surface area contributed by atoms with Crippen molar-refractivity contribution < 1.29 is 27.7 Å². The summed E-state index contributed by atoms with van der Waals surface area (Å²) < 4.78 is 49.7. The number of benzene rings is 2. The SMILES string of the molecule is COc1cc(OC)c(F)c(COc2cnc(Nc3ccc(N4CCOCC4)cc3N)nc2)c1F. The van der Waals surface area contributed by atoms with Gasteiger partial charge in [-0.3, -0.25) is 0 Å². The molecule has 4 rings (SSSR count). The Morgan fingerprint density at radius 3 is 2.26 bits per heavy atom. The van der Waals surface area contributed by atoms with Gasteiger partial charge in [0.2, 0.25) is 5.95 Å². The van der Waals surface area contributed by atoms with E-state index in [9.17, 15) is 8.78 Å². The molecule has 11 heteroatoms. The molecule has 0 unspecified atom stereocenters. The third-order valence-corrected chi connectivity index (χ3v) is 5.33. The van der Waals surface area contributed by atoms with Crippen molar-refractivity contribution in [1.82, 2.24) is 9.97 Å². The van der Waals surface area contributed by atoms with Crippen molar-refractivity contribution in [2.24, 2.45) is 0 Å². The van der Waals surface area contributed by atoms with Crippen molar-refractivity contribution in [3.05, 3.63) is 53.9 Å². The Bertz CT molecular complexity index is 1110. The van der Waals surface area contributed by atoms with Crippen LogP contribution >= 0.6 is 0 Å². The van der Waals surface area contributed by atoms with Gasteiger partial charge >= 0.3 is 0 Å². The van der Waals surface area contributed by atoms with Crippen molar-refractivity contribution >= 4 is 23.0 Å². The van der Waals surface area contributed by atoms with Gasteiger partial charge in [-0.2, -0.15) is 0 Å². The molecule has 1 aromatic heterocycles. The van der Waals surface area contributed by atoms with Crippen LogP contribution in [0.3, 0.4) is 0 Å². The first-order valence-electron chi connectivity index (χ1n) is 10.5. The van der Waals surface area contributed by atoms with Crippen LogP contribution in [-0.4, -0.2) is 50.5 Å². The molecule has 0 bridgehead atoms. The molecule has 0 amide bonds. The number of hydrogen-bond donors (Lipinski definition) is 2. The predicted molar refractivity (Wildman–Crippen MR) is 123 cm³/mol. The number of rotatable bonds is 8. The topological polar surface area (TPSA) is 104 Å². The van der Waals surface area contributed by atoms with Crippen LogP contribution in [-0.2, 0) is 11.3 Å². The van der Waals surface area contributed by atoms with Gasteiger partial charge in [0.25, 0.3) is 0 Å². The molecule has 34 heavy (non-hydrogen) atoms.